The summed E-state index contributed by atoms with van der Waals surface area (Å²) in [6, 6.07) is 6.23. The number of phenols is 1. The third-order valence-corrected chi connectivity index (χ3v) is 3.53. The summed E-state index contributed by atoms with van der Waals surface area (Å²) in [5, 5.41) is 13.4. The SMILES string of the molecule is CN1CC2CNCCN2c2c(O)cccc21. The number of hydrogen-bond donors (Lipinski definition) is 2. The Kier molecular flexibility index (Phi) is 2.17. The highest BCUT2D eigenvalue weighted by Crippen LogP contribution is 2.41. The normalized spacial score (nSPS) is 23.9. The molecule has 1 aromatic rings. The highest BCUT2D eigenvalue weighted by Gasteiger charge is 2.32. The number of benzene rings is 1. The minimum Gasteiger partial charge on any atom is -0.506 e. The Morgan fingerprint density at radius 1 is 1.44 bits per heavy atom. The zero-order chi connectivity index (χ0) is 11.1. The van der Waals surface area contributed by atoms with E-state index in [0.29, 0.717) is 11.8 Å². The molecular weight excluding hydrogens is 202 g/mol. The van der Waals surface area contributed by atoms with Crippen molar-refractivity contribution in [2.24, 2.45) is 0 Å². The number of fused-ring (bicyclic) bond motifs is 3. The first-order chi connectivity index (χ1) is 7.77. The summed E-state index contributed by atoms with van der Waals surface area (Å²) >= 11 is 0. The van der Waals surface area contributed by atoms with Crippen molar-refractivity contribution >= 4 is 11.4 Å². The maximum atomic E-state index is 10.0. The van der Waals surface area contributed by atoms with Crippen LogP contribution in [0.25, 0.3) is 0 Å². The van der Waals surface area contributed by atoms with Crippen molar-refractivity contribution in [3.63, 3.8) is 0 Å². The third kappa shape index (κ3) is 1.33. The number of nitrogens with one attached hydrogen (secondary N) is 1. The number of hydrogen-bond acceptors (Lipinski definition) is 4. The molecular formula is C12H17N3O. The summed E-state index contributed by atoms with van der Waals surface area (Å²) in [7, 11) is 2.09. The van der Waals surface area contributed by atoms with E-state index in [4.69, 9.17) is 0 Å². The summed E-state index contributed by atoms with van der Waals surface area (Å²) in [4.78, 5) is 4.56. The van der Waals surface area contributed by atoms with Crippen molar-refractivity contribution in [2.75, 3.05) is 43.0 Å². The van der Waals surface area contributed by atoms with Crippen LogP contribution in [0.5, 0.6) is 5.75 Å². The van der Waals surface area contributed by atoms with E-state index in [0.717, 1.165) is 37.6 Å². The zero-order valence-electron chi connectivity index (χ0n) is 9.48. The lowest BCUT2D eigenvalue weighted by molar-refractivity contribution is 0.439. The standard InChI is InChI=1S/C12H17N3O/c1-14-8-9-7-13-5-6-15(9)12-10(14)3-2-4-11(12)16/h2-4,9,13,16H,5-8H2,1H3. The van der Waals surface area contributed by atoms with Gasteiger partial charge < -0.3 is 20.2 Å². The number of nitrogens with zero attached hydrogens (tertiary/aromatic N) is 2. The highest BCUT2D eigenvalue weighted by atomic mass is 16.3. The fourth-order valence-electron chi connectivity index (χ4n) is 2.75. The molecule has 0 bridgehead atoms. The van der Waals surface area contributed by atoms with Gasteiger partial charge in [0.25, 0.3) is 0 Å². The predicted molar refractivity (Wildman–Crippen MR) is 65.4 cm³/mol. The summed E-state index contributed by atoms with van der Waals surface area (Å²) in [5.74, 6) is 0.399. The summed E-state index contributed by atoms with van der Waals surface area (Å²) < 4.78 is 0. The molecule has 0 aromatic heterocycles. The molecule has 2 heterocycles. The zero-order valence-corrected chi connectivity index (χ0v) is 9.48. The second-order valence-electron chi connectivity index (χ2n) is 4.58. The van der Waals surface area contributed by atoms with Gasteiger partial charge in [0.1, 0.15) is 11.4 Å². The molecule has 4 heteroatoms. The number of anilines is 2. The van der Waals surface area contributed by atoms with Crippen LogP contribution >= 0.6 is 0 Å². The molecule has 1 atom stereocenters. The quantitative estimate of drug-likeness (QED) is 0.671. The van der Waals surface area contributed by atoms with Gasteiger partial charge in [0.15, 0.2) is 0 Å². The molecule has 1 aromatic carbocycles. The molecule has 2 N–H and O–H groups in total. The Balaban J connectivity index is 2.09. The minimum absolute atomic E-state index is 0.399. The largest absolute Gasteiger partial charge is 0.506 e. The molecule has 2 aliphatic rings. The summed E-state index contributed by atoms with van der Waals surface area (Å²) in [6.07, 6.45) is 0. The summed E-state index contributed by atoms with van der Waals surface area (Å²) in [6.45, 7) is 3.98. The van der Waals surface area contributed by atoms with Crippen LogP contribution in [0.1, 0.15) is 0 Å². The lowest BCUT2D eigenvalue weighted by Crippen LogP contribution is -2.58. The fraction of sp³-hybridized carbons (Fsp3) is 0.500. The van der Waals surface area contributed by atoms with E-state index >= 15 is 0 Å². The second-order valence-corrected chi connectivity index (χ2v) is 4.58. The maximum Gasteiger partial charge on any atom is 0.141 e. The van der Waals surface area contributed by atoms with Gasteiger partial charge in [0.05, 0.1) is 11.7 Å². The number of phenolic OH excluding ortho intramolecular Hbond substituents is 1. The number of likely N-dealkylation sites (N-methyl/N-ethyl adjacent to an activating group) is 1. The molecule has 16 heavy (non-hydrogen) atoms. The van der Waals surface area contributed by atoms with Crippen molar-refractivity contribution < 1.29 is 5.11 Å². The highest BCUT2D eigenvalue weighted by molar-refractivity contribution is 5.79. The third-order valence-electron chi connectivity index (χ3n) is 3.53. The van der Waals surface area contributed by atoms with Gasteiger partial charge >= 0.3 is 0 Å². The van der Waals surface area contributed by atoms with Crippen LogP contribution in [0.3, 0.4) is 0 Å². The Hall–Kier alpha value is -1.42. The molecule has 3 rings (SSSR count). The van der Waals surface area contributed by atoms with Crippen LogP contribution in [0.4, 0.5) is 11.4 Å². The van der Waals surface area contributed by atoms with Crippen molar-refractivity contribution in [2.45, 2.75) is 6.04 Å². The minimum atomic E-state index is 0.399. The van der Waals surface area contributed by atoms with Gasteiger partial charge in [-0.15, -0.1) is 0 Å². The van der Waals surface area contributed by atoms with Crippen LogP contribution in [0.15, 0.2) is 18.2 Å². The Morgan fingerprint density at radius 2 is 2.31 bits per heavy atom. The average molecular weight is 219 g/mol. The summed E-state index contributed by atoms with van der Waals surface area (Å²) in [5.41, 5.74) is 2.14. The van der Waals surface area contributed by atoms with Crippen molar-refractivity contribution in [1.29, 1.82) is 0 Å². The molecule has 0 spiro atoms. The van der Waals surface area contributed by atoms with E-state index in [1.165, 1.54) is 0 Å². The van der Waals surface area contributed by atoms with E-state index in [1.807, 2.05) is 6.07 Å². The Morgan fingerprint density at radius 3 is 3.19 bits per heavy atom. The lowest BCUT2D eigenvalue weighted by Gasteiger charge is -2.46. The molecule has 0 saturated carbocycles. The van der Waals surface area contributed by atoms with E-state index in [-0.39, 0.29) is 0 Å². The van der Waals surface area contributed by atoms with Crippen molar-refractivity contribution in [1.82, 2.24) is 5.32 Å². The first-order valence-electron chi connectivity index (χ1n) is 5.78. The smallest absolute Gasteiger partial charge is 0.141 e. The molecule has 1 saturated heterocycles. The first kappa shape index (κ1) is 9.78. The van der Waals surface area contributed by atoms with Crippen LogP contribution in [0, 0.1) is 0 Å². The number of piperazine rings is 1. The monoisotopic (exact) mass is 219 g/mol. The van der Waals surface area contributed by atoms with E-state index in [2.05, 4.69) is 28.2 Å². The Labute approximate surface area is 95.5 Å². The van der Waals surface area contributed by atoms with Gasteiger partial charge in [-0.05, 0) is 12.1 Å². The fourth-order valence-corrected chi connectivity index (χ4v) is 2.75. The average Bonchev–Trinajstić information content (AvgIpc) is 2.30. The number of aromatic hydroxyl groups is 1. The van der Waals surface area contributed by atoms with E-state index in [9.17, 15) is 5.11 Å². The van der Waals surface area contributed by atoms with Gasteiger partial charge in [-0.3, -0.25) is 0 Å². The van der Waals surface area contributed by atoms with Crippen LogP contribution in [0.2, 0.25) is 0 Å². The Bertz CT molecular complexity index is 407. The molecule has 0 radical (unpaired) electrons. The van der Waals surface area contributed by atoms with E-state index in [1.54, 1.807) is 6.07 Å². The number of rotatable bonds is 0. The van der Waals surface area contributed by atoms with Gasteiger partial charge in [-0.2, -0.15) is 0 Å². The molecule has 0 aliphatic carbocycles. The van der Waals surface area contributed by atoms with E-state index < -0.39 is 0 Å². The van der Waals surface area contributed by atoms with Crippen LogP contribution in [-0.4, -0.2) is 44.4 Å². The van der Waals surface area contributed by atoms with Gasteiger partial charge in [-0.1, -0.05) is 6.07 Å². The topological polar surface area (TPSA) is 38.7 Å². The van der Waals surface area contributed by atoms with Crippen LogP contribution in [-0.2, 0) is 0 Å². The molecule has 86 valence electrons. The van der Waals surface area contributed by atoms with Crippen LogP contribution < -0.4 is 15.1 Å². The molecule has 1 unspecified atom stereocenters. The van der Waals surface area contributed by atoms with Gasteiger partial charge in [0.2, 0.25) is 0 Å². The first-order valence-corrected chi connectivity index (χ1v) is 5.78. The molecule has 1 fully saturated rings. The van der Waals surface area contributed by atoms with Gasteiger partial charge in [-0.25, -0.2) is 0 Å². The molecule has 4 nitrogen and oxygen atoms in total. The predicted octanol–water partition coefficient (Wildman–Crippen LogP) is 0.620. The van der Waals surface area contributed by atoms with Gasteiger partial charge in [0, 0.05) is 33.2 Å². The number of para-hydroxylation sites is 1. The second kappa shape index (κ2) is 3.56. The molecule has 0 amide bonds. The lowest BCUT2D eigenvalue weighted by atomic mass is 10.0. The maximum absolute atomic E-state index is 10.0. The van der Waals surface area contributed by atoms with Crippen molar-refractivity contribution in [3.05, 3.63) is 18.2 Å². The molecule has 2 aliphatic heterocycles. The van der Waals surface area contributed by atoms with Crippen molar-refractivity contribution in [3.8, 4) is 5.75 Å².